The van der Waals surface area contributed by atoms with Crippen molar-refractivity contribution in [1.29, 1.82) is 0 Å². The van der Waals surface area contributed by atoms with Crippen LogP contribution >= 0.6 is 23.2 Å². The van der Waals surface area contributed by atoms with Crippen LogP contribution in [0, 0.1) is 5.92 Å². The van der Waals surface area contributed by atoms with Crippen LogP contribution < -0.4 is 14.9 Å². The minimum atomic E-state index is -4.09. The highest BCUT2D eigenvalue weighted by Gasteiger charge is 2.69. The fourth-order valence-corrected chi connectivity index (χ4v) is 6.14. The molecular weight excluding hydrogens is 499 g/mol. The summed E-state index contributed by atoms with van der Waals surface area (Å²) < 4.78 is 34.5. The van der Waals surface area contributed by atoms with Gasteiger partial charge in [0.25, 0.3) is 5.91 Å². The van der Waals surface area contributed by atoms with Gasteiger partial charge in [-0.1, -0.05) is 66.5 Å². The molecule has 3 atom stereocenters. The lowest BCUT2D eigenvalue weighted by molar-refractivity contribution is -0.132. The molecule has 1 fully saturated rings. The molecule has 0 saturated heterocycles. The van der Waals surface area contributed by atoms with Crippen molar-refractivity contribution in [2.24, 2.45) is 5.92 Å². The normalized spacial score (nSPS) is 21.6. The van der Waals surface area contributed by atoms with E-state index >= 15 is 0 Å². The van der Waals surface area contributed by atoms with Gasteiger partial charge in [-0.15, -0.1) is 0 Å². The molecule has 0 radical (unpaired) electrons. The number of hydrogen-bond acceptors (Lipinski definition) is 5. The van der Waals surface area contributed by atoms with E-state index in [-0.39, 0.29) is 17.4 Å². The molecule has 10 heteroatoms. The number of sulfonamides is 1. The summed E-state index contributed by atoms with van der Waals surface area (Å²) in [5.41, 5.74) is 1.64. The Balaban J connectivity index is 1.51. The third-order valence-electron chi connectivity index (χ3n) is 6.08. The average Bonchev–Trinajstić information content (AvgIpc) is 3.41. The fraction of sp³-hybridized carbons (Fsp3) is 0.208. The van der Waals surface area contributed by atoms with Crippen molar-refractivity contribution in [2.45, 2.75) is 29.9 Å². The number of rotatable bonds is 8. The molecule has 0 aliphatic heterocycles. The summed E-state index contributed by atoms with van der Waals surface area (Å²) >= 11 is 12.1. The Labute approximate surface area is 207 Å². The van der Waals surface area contributed by atoms with Crippen LogP contribution in [0.25, 0.3) is 0 Å². The van der Waals surface area contributed by atoms with E-state index in [4.69, 9.17) is 27.9 Å². The van der Waals surface area contributed by atoms with Gasteiger partial charge in [0.05, 0.1) is 4.90 Å². The molecule has 0 spiro atoms. The summed E-state index contributed by atoms with van der Waals surface area (Å²) in [5.74, 6) is -1.17. The first-order chi connectivity index (χ1) is 16.2. The SMILES string of the molecule is CC1[C@H](c2ccccc2)[C@]1(NS(=O)(=O)c1ccc(OCc2ccc(Cl)cc2Cl)cc1)C(=O)NO. The van der Waals surface area contributed by atoms with Crippen LogP contribution in [0.15, 0.2) is 77.7 Å². The maximum atomic E-state index is 13.2. The van der Waals surface area contributed by atoms with Crippen molar-refractivity contribution >= 4 is 39.1 Å². The lowest BCUT2D eigenvalue weighted by Crippen LogP contribution is -2.50. The van der Waals surface area contributed by atoms with Crippen molar-refractivity contribution < 1.29 is 23.2 Å². The van der Waals surface area contributed by atoms with Gasteiger partial charge in [0.15, 0.2) is 0 Å². The topological polar surface area (TPSA) is 105 Å². The van der Waals surface area contributed by atoms with E-state index in [1.165, 1.54) is 24.3 Å². The molecule has 0 heterocycles. The second-order valence-electron chi connectivity index (χ2n) is 8.09. The first-order valence-corrected chi connectivity index (χ1v) is 12.6. The molecule has 3 aromatic rings. The minimum Gasteiger partial charge on any atom is -0.489 e. The summed E-state index contributed by atoms with van der Waals surface area (Å²) in [6, 6.07) is 20.0. The largest absolute Gasteiger partial charge is 0.489 e. The third kappa shape index (κ3) is 4.64. The standard InChI is InChI=1S/C24H22Cl2N2O5S/c1-15-22(16-5-3-2-4-6-16)24(15,23(29)27-30)28-34(31,32)20-11-9-19(10-12-20)33-14-17-7-8-18(25)13-21(17)26/h2-13,15,22,28,30H,14H2,1H3,(H,27,29)/t15?,22-,24+/m1/s1. The van der Waals surface area contributed by atoms with Crippen LogP contribution in [0.4, 0.5) is 0 Å². The van der Waals surface area contributed by atoms with E-state index in [1.807, 2.05) is 30.3 Å². The van der Waals surface area contributed by atoms with Crippen molar-refractivity contribution in [2.75, 3.05) is 0 Å². The van der Waals surface area contributed by atoms with Crippen LogP contribution in [0.3, 0.4) is 0 Å². The van der Waals surface area contributed by atoms with Crippen molar-refractivity contribution in [3.63, 3.8) is 0 Å². The molecule has 1 aliphatic rings. The van der Waals surface area contributed by atoms with Gasteiger partial charge in [-0.05, 0) is 47.9 Å². The van der Waals surface area contributed by atoms with Crippen LogP contribution in [0.5, 0.6) is 5.75 Å². The number of ether oxygens (including phenoxy) is 1. The predicted octanol–water partition coefficient (Wildman–Crippen LogP) is 4.53. The number of hydroxylamine groups is 1. The van der Waals surface area contributed by atoms with E-state index in [1.54, 1.807) is 30.6 Å². The highest BCUT2D eigenvalue weighted by Crippen LogP contribution is 2.58. The Kier molecular flexibility index (Phi) is 6.89. The summed E-state index contributed by atoms with van der Waals surface area (Å²) in [6.45, 7) is 1.94. The van der Waals surface area contributed by atoms with Crippen LogP contribution in [-0.2, 0) is 21.4 Å². The lowest BCUT2D eigenvalue weighted by atomic mass is 10.1. The number of carbonyl (C=O) groups is 1. The smallest absolute Gasteiger partial charge is 0.265 e. The molecular formula is C24H22Cl2N2O5S. The molecule has 7 nitrogen and oxygen atoms in total. The molecule has 1 aliphatic carbocycles. The zero-order chi connectivity index (χ0) is 24.5. The molecule has 3 N–H and O–H groups in total. The Bertz CT molecular complexity index is 1300. The highest BCUT2D eigenvalue weighted by atomic mass is 35.5. The van der Waals surface area contributed by atoms with Crippen LogP contribution in [0.1, 0.15) is 24.0 Å². The summed E-state index contributed by atoms with van der Waals surface area (Å²) in [6.07, 6.45) is 0. The second-order valence-corrected chi connectivity index (χ2v) is 10.6. The van der Waals surface area contributed by atoms with Gasteiger partial charge in [0, 0.05) is 21.5 Å². The predicted molar refractivity (Wildman–Crippen MR) is 129 cm³/mol. The van der Waals surface area contributed by atoms with E-state index < -0.39 is 27.4 Å². The summed E-state index contributed by atoms with van der Waals surface area (Å²) in [4.78, 5) is 12.6. The number of carbonyl (C=O) groups excluding carboxylic acids is 1. The first kappa shape index (κ1) is 24.5. The van der Waals surface area contributed by atoms with Gasteiger partial charge >= 0.3 is 0 Å². The van der Waals surface area contributed by atoms with Gasteiger partial charge in [-0.2, -0.15) is 4.72 Å². The fourth-order valence-electron chi connectivity index (χ4n) is 4.21. The Morgan fingerprint density at radius 3 is 2.35 bits per heavy atom. The van der Waals surface area contributed by atoms with Crippen molar-refractivity contribution in [1.82, 2.24) is 10.2 Å². The van der Waals surface area contributed by atoms with E-state index in [9.17, 15) is 18.4 Å². The summed E-state index contributed by atoms with van der Waals surface area (Å²) in [7, 11) is -4.09. The third-order valence-corrected chi connectivity index (χ3v) is 8.17. The first-order valence-electron chi connectivity index (χ1n) is 10.4. The van der Waals surface area contributed by atoms with E-state index in [0.29, 0.717) is 15.8 Å². The van der Waals surface area contributed by atoms with Gasteiger partial charge < -0.3 is 4.74 Å². The quantitative estimate of drug-likeness (QED) is 0.299. The number of amides is 1. The maximum Gasteiger partial charge on any atom is 0.265 e. The van der Waals surface area contributed by atoms with Crippen molar-refractivity contribution in [3.05, 3.63) is 94.0 Å². The lowest BCUT2D eigenvalue weighted by Gasteiger charge is -2.18. The zero-order valence-corrected chi connectivity index (χ0v) is 20.4. The Morgan fingerprint density at radius 1 is 1.06 bits per heavy atom. The van der Waals surface area contributed by atoms with Gasteiger partial charge in [0.1, 0.15) is 17.9 Å². The molecule has 1 amide bonds. The number of nitrogens with one attached hydrogen (secondary N) is 2. The minimum absolute atomic E-state index is 0.0413. The Morgan fingerprint density at radius 2 is 1.74 bits per heavy atom. The van der Waals surface area contributed by atoms with Gasteiger partial charge in [-0.3, -0.25) is 10.0 Å². The number of hydrogen-bond donors (Lipinski definition) is 3. The molecule has 3 aromatic carbocycles. The highest BCUT2D eigenvalue weighted by molar-refractivity contribution is 7.89. The average molecular weight is 521 g/mol. The zero-order valence-electron chi connectivity index (χ0n) is 18.0. The van der Waals surface area contributed by atoms with Crippen molar-refractivity contribution in [3.8, 4) is 5.75 Å². The summed E-state index contributed by atoms with van der Waals surface area (Å²) in [5, 5.41) is 10.3. The van der Waals surface area contributed by atoms with E-state index in [0.717, 1.165) is 11.1 Å². The van der Waals surface area contributed by atoms with Gasteiger partial charge in [-0.25, -0.2) is 13.9 Å². The van der Waals surface area contributed by atoms with Gasteiger partial charge in [0.2, 0.25) is 10.0 Å². The molecule has 0 aromatic heterocycles. The molecule has 4 rings (SSSR count). The maximum absolute atomic E-state index is 13.2. The van der Waals surface area contributed by atoms with E-state index in [2.05, 4.69) is 4.72 Å². The molecule has 34 heavy (non-hydrogen) atoms. The second kappa shape index (κ2) is 9.56. The molecule has 1 saturated carbocycles. The monoisotopic (exact) mass is 520 g/mol. The Hall–Kier alpha value is -2.62. The van der Waals surface area contributed by atoms with Crippen LogP contribution in [0.2, 0.25) is 10.0 Å². The molecule has 178 valence electrons. The number of benzene rings is 3. The van der Waals surface area contributed by atoms with Crippen LogP contribution in [-0.4, -0.2) is 25.1 Å². The number of halogens is 2. The molecule has 1 unspecified atom stereocenters. The molecule has 0 bridgehead atoms.